The van der Waals surface area contributed by atoms with Crippen molar-refractivity contribution in [3.8, 4) is 23.1 Å². The van der Waals surface area contributed by atoms with Gasteiger partial charge in [-0.05, 0) is 46.0 Å². The second-order valence-corrected chi connectivity index (χ2v) is 14.4. The molecule has 0 amide bonds. The van der Waals surface area contributed by atoms with Gasteiger partial charge in [0.05, 0.1) is 42.2 Å². The molecule has 3 aromatic rings. The molecule has 5 aliphatic heterocycles. The zero-order valence-corrected chi connectivity index (χ0v) is 26.4. The van der Waals surface area contributed by atoms with Crippen molar-refractivity contribution in [2.75, 3.05) is 43.5 Å². The van der Waals surface area contributed by atoms with Gasteiger partial charge in [-0.25, -0.2) is 18.7 Å². The third-order valence-electron chi connectivity index (χ3n) is 11.1. The zero-order valence-electron chi connectivity index (χ0n) is 26.4. The Morgan fingerprint density at radius 1 is 1.08 bits per heavy atom. The van der Waals surface area contributed by atoms with Crippen LogP contribution < -0.4 is 25.4 Å². The molecule has 6 aliphatic rings. The highest BCUT2D eigenvalue weighted by atomic mass is 19.4. The summed E-state index contributed by atoms with van der Waals surface area (Å²) in [6, 6.07) is 0.216. The Morgan fingerprint density at radius 2 is 1.90 bits per heavy atom. The number of rotatable bonds is 6. The highest BCUT2D eigenvalue weighted by Crippen LogP contribution is 2.50. The normalized spacial score (nSPS) is 30.0. The molecule has 4 bridgehead atoms. The second kappa shape index (κ2) is 10.4. The van der Waals surface area contributed by atoms with Crippen LogP contribution in [-0.4, -0.2) is 94.1 Å². The van der Waals surface area contributed by atoms with E-state index in [1.54, 1.807) is 0 Å². The molecule has 0 radical (unpaired) electrons. The first-order valence-corrected chi connectivity index (χ1v) is 16.5. The second-order valence-electron chi connectivity index (χ2n) is 14.4. The number of nitrogens with two attached hydrogens (primary N) is 1. The summed E-state index contributed by atoms with van der Waals surface area (Å²) in [6.45, 7) is 6.14. The molecule has 5 fully saturated rings. The van der Waals surface area contributed by atoms with Crippen molar-refractivity contribution < 1.29 is 36.2 Å². The molecule has 8 heterocycles. The molecule has 1 aliphatic carbocycles. The Morgan fingerprint density at radius 3 is 2.60 bits per heavy atom. The minimum atomic E-state index is -5.09. The number of likely N-dealkylation sites (tertiary alicyclic amines) is 1. The lowest BCUT2D eigenvalue weighted by Gasteiger charge is -2.42. The van der Waals surface area contributed by atoms with Crippen LogP contribution in [0.15, 0.2) is 0 Å². The number of ether oxygens (including phenoxy) is 3. The van der Waals surface area contributed by atoms with Gasteiger partial charge in [0.15, 0.2) is 17.5 Å². The molecule has 0 spiro atoms. The van der Waals surface area contributed by atoms with Crippen molar-refractivity contribution in [2.45, 2.75) is 88.5 Å². The topological polar surface area (TPSA) is 124 Å². The van der Waals surface area contributed by atoms with Gasteiger partial charge in [-0.1, -0.05) is 0 Å². The first kappa shape index (κ1) is 30.4. The Hall–Kier alpha value is -3.63. The number of aryl methyl sites for hydroxylation is 1. The van der Waals surface area contributed by atoms with E-state index in [-0.39, 0.29) is 59.0 Å². The Kier molecular flexibility index (Phi) is 6.62. The largest absolute Gasteiger partial charge is 0.472 e. The fourth-order valence-electron chi connectivity index (χ4n) is 8.64. The van der Waals surface area contributed by atoms with Crippen LogP contribution in [0.4, 0.5) is 33.6 Å². The van der Waals surface area contributed by atoms with Crippen molar-refractivity contribution in [3.05, 3.63) is 22.9 Å². The van der Waals surface area contributed by atoms with Gasteiger partial charge in [0.25, 0.3) is 0 Å². The van der Waals surface area contributed by atoms with Crippen LogP contribution in [0.1, 0.15) is 50.3 Å². The first-order chi connectivity index (χ1) is 22.9. The van der Waals surface area contributed by atoms with Crippen molar-refractivity contribution >= 4 is 22.5 Å². The van der Waals surface area contributed by atoms with Crippen molar-refractivity contribution in [2.24, 2.45) is 5.41 Å². The summed E-state index contributed by atoms with van der Waals surface area (Å²) in [5, 5.41) is 3.71. The zero-order chi connectivity index (χ0) is 33.3. The molecular formula is C32H35F5N8O3. The first-order valence-electron chi connectivity index (χ1n) is 16.5. The molecule has 256 valence electrons. The molecule has 3 N–H and O–H groups in total. The lowest BCUT2D eigenvalue weighted by Crippen LogP contribution is -2.62. The van der Waals surface area contributed by atoms with Gasteiger partial charge < -0.3 is 30.2 Å². The third-order valence-corrected chi connectivity index (χ3v) is 11.1. The number of pyridine rings is 2. The molecule has 48 heavy (non-hydrogen) atoms. The molecule has 16 heteroatoms. The van der Waals surface area contributed by atoms with Gasteiger partial charge in [0, 0.05) is 43.2 Å². The fourth-order valence-corrected chi connectivity index (χ4v) is 8.64. The number of hydrogen-bond donors (Lipinski definition) is 2. The summed E-state index contributed by atoms with van der Waals surface area (Å²) in [7, 11) is 0. The number of hydrogen-bond acceptors (Lipinski definition) is 11. The number of nitrogens with one attached hydrogen (secondary N) is 1. The van der Waals surface area contributed by atoms with E-state index in [1.807, 2.05) is 6.92 Å². The maximum atomic E-state index is 16.8. The lowest BCUT2D eigenvalue weighted by atomic mass is 9.99. The van der Waals surface area contributed by atoms with Crippen LogP contribution >= 0.6 is 0 Å². The van der Waals surface area contributed by atoms with E-state index in [0.29, 0.717) is 18.4 Å². The molecule has 4 saturated heterocycles. The van der Waals surface area contributed by atoms with Gasteiger partial charge in [-0.2, -0.15) is 23.1 Å². The number of halogens is 5. The number of alkyl halides is 3. The van der Waals surface area contributed by atoms with Crippen LogP contribution in [0, 0.1) is 24.0 Å². The van der Waals surface area contributed by atoms with E-state index in [9.17, 15) is 13.2 Å². The van der Waals surface area contributed by atoms with E-state index in [2.05, 4.69) is 30.1 Å². The molecule has 9 rings (SSSR count). The summed E-state index contributed by atoms with van der Waals surface area (Å²) in [5.41, 5.74) is 1.04. The standard InChI is InChI=1S/C32H35F5N8O3/c1-13-21(32(35,36)37)19(22(33)27(38)39-13)24-23(34)25-20-28(45-8-15-3-4-18(40-15)26(45)14(2)48-29(20)41-24)43-30(42-25)47-12-31(5-6-31)11-44-9-17-7-16(44)10-46-17/h14-18,26,40H,3-12H2,1-2H3,(H2,38,39)/t14-,15+,16-,17-,18-,26+/m0/s1. The van der Waals surface area contributed by atoms with Crippen molar-refractivity contribution in [3.63, 3.8) is 0 Å². The van der Waals surface area contributed by atoms with E-state index in [1.165, 1.54) is 0 Å². The quantitative estimate of drug-likeness (QED) is 0.369. The number of nitrogens with zero attached hydrogens (tertiary/aromatic N) is 6. The van der Waals surface area contributed by atoms with Crippen molar-refractivity contribution in [1.29, 1.82) is 0 Å². The van der Waals surface area contributed by atoms with Gasteiger partial charge in [-0.15, -0.1) is 0 Å². The summed E-state index contributed by atoms with van der Waals surface area (Å²) < 4.78 is 94.0. The number of piperazine rings is 1. The van der Waals surface area contributed by atoms with Crippen LogP contribution in [0.25, 0.3) is 22.2 Å². The minimum absolute atomic E-state index is 0.0261. The number of morpholine rings is 1. The van der Waals surface area contributed by atoms with E-state index in [0.717, 1.165) is 58.7 Å². The molecule has 11 nitrogen and oxygen atoms in total. The molecule has 3 aromatic heterocycles. The lowest BCUT2D eigenvalue weighted by molar-refractivity contribution is -0.138. The maximum Gasteiger partial charge on any atom is 0.418 e. The Bertz CT molecular complexity index is 1840. The van der Waals surface area contributed by atoms with Crippen LogP contribution in [0.5, 0.6) is 11.9 Å². The van der Waals surface area contributed by atoms with Crippen LogP contribution in [0.2, 0.25) is 0 Å². The van der Waals surface area contributed by atoms with Gasteiger partial charge in [-0.3, -0.25) is 4.90 Å². The molecule has 0 unspecified atom stereocenters. The monoisotopic (exact) mass is 674 g/mol. The molecule has 6 atom stereocenters. The summed E-state index contributed by atoms with van der Waals surface area (Å²) in [4.78, 5) is 21.5. The SMILES string of the molecule is Cc1nc(N)c(F)c(-c2nc3c4c(nc(OCC5(CN6C[C@@H]7C[C@H]6CO7)CC5)nc4c2F)N2C[C@H]4CC[C@H](N4)[C@H]2[C@H](C)O3)c1C(F)(F)F. The average molecular weight is 675 g/mol. The predicted molar refractivity (Wildman–Crippen MR) is 163 cm³/mol. The highest BCUT2D eigenvalue weighted by molar-refractivity contribution is 5.97. The Labute approximate surface area is 272 Å². The van der Waals surface area contributed by atoms with E-state index >= 15 is 8.78 Å². The molecule has 0 aromatic carbocycles. The number of anilines is 2. The Balaban J connectivity index is 1.18. The van der Waals surface area contributed by atoms with Gasteiger partial charge in [0.2, 0.25) is 5.88 Å². The molecular weight excluding hydrogens is 639 g/mol. The number of aromatic nitrogens is 4. The fraction of sp³-hybridized carbons (Fsp3) is 0.625. The average Bonchev–Trinajstić information content (AvgIpc) is 3.31. The van der Waals surface area contributed by atoms with E-state index < -0.39 is 52.2 Å². The van der Waals surface area contributed by atoms with Gasteiger partial charge >= 0.3 is 12.2 Å². The third kappa shape index (κ3) is 4.69. The number of fused-ring (bicyclic) bond motifs is 7. The molecule has 1 saturated carbocycles. The number of nitrogen functional groups attached to an aromatic ring is 1. The highest BCUT2D eigenvalue weighted by Gasteiger charge is 2.51. The summed E-state index contributed by atoms with van der Waals surface area (Å²) in [6.07, 6.45) is -0.627. The predicted octanol–water partition coefficient (Wildman–Crippen LogP) is 4.00. The van der Waals surface area contributed by atoms with E-state index in [4.69, 9.17) is 24.9 Å². The van der Waals surface area contributed by atoms with Crippen LogP contribution in [-0.2, 0) is 10.9 Å². The van der Waals surface area contributed by atoms with Gasteiger partial charge in [0.1, 0.15) is 28.5 Å². The summed E-state index contributed by atoms with van der Waals surface area (Å²) in [5.74, 6) is -3.47. The van der Waals surface area contributed by atoms with Crippen molar-refractivity contribution in [1.82, 2.24) is 30.2 Å². The van der Waals surface area contributed by atoms with Crippen LogP contribution in [0.3, 0.4) is 0 Å². The maximum absolute atomic E-state index is 16.8. The smallest absolute Gasteiger partial charge is 0.418 e. The summed E-state index contributed by atoms with van der Waals surface area (Å²) >= 11 is 0. The minimum Gasteiger partial charge on any atom is -0.472 e.